The summed E-state index contributed by atoms with van der Waals surface area (Å²) in [6.07, 6.45) is 0. The monoisotopic (exact) mass is 283 g/mol. The number of hydrogen-bond donors (Lipinski definition) is 0. The fraction of sp³-hybridized carbons (Fsp3) is 0.278. The second-order valence-corrected chi connectivity index (χ2v) is 4.77. The van der Waals surface area contributed by atoms with Crippen LogP contribution in [0.5, 0.6) is 5.75 Å². The van der Waals surface area contributed by atoms with Crippen LogP contribution in [0.3, 0.4) is 0 Å². The number of hydrogen-bond acceptors (Lipinski definition) is 2. The Balaban J connectivity index is 2.14. The summed E-state index contributed by atoms with van der Waals surface area (Å²) in [7, 11) is 0. The van der Waals surface area contributed by atoms with Crippen molar-refractivity contribution >= 4 is 5.91 Å². The predicted octanol–water partition coefficient (Wildman–Crippen LogP) is 3.75. The van der Waals surface area contributed by atoms with Crippen LogP contribution in [0.15, 0.2) is 54.6 Å². The average molecular weight is 283 g/mol. The van der Waals surface area contributed by atoms with Gasteiger partial charge in [-0.2, -0.15) is 0 Å². The average Bonchev–Trinajstić information content (AvgIpc) is 2.53. The van der Waals surface area contributed by atoms with E-state index in [1.165, 1.54) is 0 Å². The summed E-state index contributed by atoms with van der Waals surface area (Å²) in [5.74, 6) is 0.766. The van der Waals surface area contributed by atoms with Crippen molar-refractivity contribution in [1.82, 2.24) is 4.90 Å². The number of amides is 1. The maximum Gasteiger partial charge on any atom is 0.254 e. The molecule has 0 unspecified atom stereocenters. The molecule has 0 heterocycles. The maximum absolute atomic E-state index is 12.6. The SMILES string of the molecule is CCOc1cccc(C(=O)N(CC)Cc2ccccc2)c1. The Morgan fingerprint density at radius 3 is 2.48 bits per heavy atom. The fourth-order valence-corrected chi connectivity index (χ4v) is 2.20. The highest BCUT2D eigenvalue weighted by Crippen LogP contribution is 2.16. The van der Waals surface area contributed by atoms with E-state index in [-0.39, 0.29) is 5.91 Å². The number of ether oxygens (including phenoxy) is 1. The molecule has 0 atom stereocenters. The van der Waals surface area contributed by atoms with Crippen LogP contribution in [0.25, 0.3) is 0 Å². The second-order valence-electron chi connectivity index (χ2n) is 4.77. The molecule has 0 bridgehead atoms. The highest BCUT2D eigenvalue weighted by Gasteiger charge is 2.15. The molecule has 0 aromatic heterocycles. The molecule has 0 radical (unpaired) electrons. The topological polar surface area (TPSA) is 29.5 Å². The Hall–Kier alpha value is -2.29. The Kier molecular flexibility index (Phi) is 5.38. The lowest BCUT2D eigenvalue weighted by Crippen LogP contribution is -2.30. The third kappa shape index (κ3) is 4.09. The molecular weight excluding hydrogens is 262 g/mol. The molecule has 0 spiro atoms. The van der Waals surface area contributed by atoms with Crippen molar-refractivity contribution in [2.75, 3.05) is 13.2 Å². The van der Waals surface area contributed by atoms with Gasteiger partial charge in [0, 0.05) is 18.7 Å². The zero-order valence-corrected chi connectivity index (χ0v) is 12.6. The van der Waals surface area contributed by atoms with E-state index in [0.29, 0.717) is 25.3 Å². The first-order valence-corrected chi connectivity index (χ1v) is 7.30. The molecule has 0 saturated heterocycles. The van der Waals surface area contributed by atoms with Gasteiger partial charge in [0.1, 0.15) is 5.75 Å². The summed E-state index contributed by atoms with van der Waals surface area (Å²) in [5.41, 5.74) is 1.80. The van der Waals surface area contributed by atoms with E-state index in [9.17, 15) is 4.79 Å². The van der Waals surface area contributed by atoms with E-state index in [1.807, 2.05) is 67.3 Å². The first kappa shape index (κ1) is 15.1. The molecule has 21 heavy (non-hydrogen) atoms. The molecule has 0 aliphatic rings. The lowest BCUT2D eigenvalue weighted by Gasteiger charge is -2.21. The van der Waals surface area contributed by atoms with Crippen molar-refractivity contribution in [2.45, 2.75) is 20.4 Å². The van der Waals surface area contributed by atoms with E-state index in [1.54, 1.807) is 6.07 Å². The van der Waals surface area contributed by atoms with Gasteiger partial charge >= 0.3 is 0 Å². The van der Waals surface area contributed by atoms with Gasteiger partial charge in [0.25, 0.3) is 5.91 Å². The third-order valence-electron chi connectivity index (χ3n) is 3.28. The molecule has 0 aliphatic carbocycles. The van der Waals surface area contributed by atoms with Crippen molar-refractivity contribution in [3.05, 3.63) is 65.7 Å². The van der Waals surface area contributed by atoms with Crippen molar-refractivity contribution in [3.8, 4) is 5.75 Å². The van der Waals surface area contributed by atoms with Crippen molar-refractivity contribution < 1.29 is 9.53 Å². The summed E-state index contributed by atoms with van der Waals surface area (Å²) in [5, 5.41) is 0. The number of carbonyl (C=O) groups is 1. The lowest BCUT2D eigenvalue weighted by molar-refractivity contribution is 0.0752. The van der Waals surface area contributed by atoms with Gasteiger partial charge in [0.05, 0.1) is 6.61 Å². The fourth-order valence-electron chi connectivity index (χ4n) is 2.20. The Morgan fingerprint density at radius 2 is 1.81 bits per heavy atom. The van der Waals surface area contributed by atoms with Crippen LogP contribution in [0.2, 0.25) is 0 Å². The summed E-state index contributed by atoms with van der Waals surface area (Å²) < 4.78 is 5.46. The standard InChI is InChI=1S/C18H21NO2/c1-3-19(14-15-9-6-5-7-10-15)18(20)16-11-8-12-17(13-16)21-4-2/h5-13H,3-4,14H2,1-2H3. The van der Waals surface area contributed by atoms with Gasteiger partial charge in [-0.25, -0.2) is 0 Å². The molecule has 2 rings (SSSR count). The normalized spacial score (nSPS) is 10.2. The molecule has 0 aliphatic heterocycles. The van der Waals surface area contributed by atoms with Crippen LogP contribution in [-0.4, -0.2) is 24.0 Å². The maximum atomic E-state index is 12.6. The minimum atomic E-state index is 0.0305. The molecule has 2 aromatic rings. The van der Waals surface area contributed by atoms with Crippen molar-refractivity contribution in [3.63, 3.8) is 0 Å². The minimum absolute atomic E-state index is 0.0305. The van der Waals surface area contributed by atoms with Crippen LogP contribution in [-0.2, 0) is 6.54 Å². The Bertz CT molecular complexity index is 581. The highest BCUT2D eigenvalue weighted by molar-refractivity contribution is 5.94. The minimum Gasteiger partial charge on any atom is -0.494 e. The van der Waals surface area contributed by atoms with E-state index >= 15 is 0 Å². The van der Waals surface area contributed by atoms with Crippen LogP contribution >= 0.6 is 0 Å². The molecule has 110 valence electrons. The van der Waals surface area contributed by atoms with Crippen molar-refractivity contribution in [2.24, 2.45) is 0 Å². The van der Waals surface area contributed by atoms with Crippen LogP contribution < -0.4 is 4.74 Å². The van der Waals surface area contributed by atoms with Gasteiger partial charge in [-0.3, -0.25) is 4.79 Å². The summed E-state index contributed by atoms with van der Waals surface area (Å²) in [4.78, 5) is 14.4. The van der Waals surface area contributed by atoms with Gasteiger partial charge < -0.3 is 9.64 Å². The number of carbonyl (C=O) groups excluding carboxylic acids is 1. The van der Waals surface area contributed by atoms with Crippen LogP contribution in [0.1, 0.15) is 29.8 Å². The van der Waals surface area contributed by atoms with Gasteiger partial charge in [-0.1, -0.05) is 36.4 Å². The largest absolute Gasteiger partial charge is 0.494 e. The van der Waals surface area contributed by atoms with E-state index in [4.69, 9.17) is 4.74 Å². The van der Waals surface area contributed by atoms with E-state index in [0.717, 1.165) is 11.3 Å². The smallest absolute Gasteiger partial charge is 0.254 e. The van der Waals surface area contributed by atoms with Gasteiger partial charge in [-0.15, -0.1) is 0 Å². The molecular formula is C18H21NO2. The first-order valence-electron chi connectivity index (χ1n) is 7.30. The Labute approximate surface area is 126 Å². The zero-order valence-electron chi connectivity index (χ0n) is 12.6. The zero-order chi connectivity index (χ0) is 15.1. The van der Waals surface area contributed by atoms with Gasteiger partial charge in [-0.05, 0) is 37.6 Å². The van der Waals surface area contributed by atoms with Crippen LogP contribution in [0, 0.1) is 0 Å². The molecule has 2 aromatic carbocycles. The van der Waals surface area contributed by atoms with Gasteiger partial charge in [0.15, 0.2) is 0 Å². The number of rotatable bonds is 6. The summed E-state index contributed by atoms with van der Waals surface area (Å²) >= 11 is 0. The predicted molar refractivity (Wildman–Crippen MR) is 84.5 cm³/mol. The molecule has 1 amide bonds. The van der Waals surface area contributed by atoms with Crippen LogP contribution in [0.4, 0.5) is 0 Å². The van der Waals surface area contributed by atoms with Gasteiger partial charge in [0.2, 0.25) is 0 Å². The van der Waals surface area contributed by atoms with E-state index < -0.39 is 0 Å². The summed E-state index contributed by atoms with van der Waals surface area (Å²) in [6, 6.07) is 17.4. The van der Waals surface area contributed by atoms with Crippen molar-refractivity contribution in [1.29, 1.82) is 0 Å². The molecule has 0 N–H and O–H groups in total. The van der Waals surface area contributed by atoms with E-state index in [2.05, 4.69) is 0 Å². The highest BCUT2D eigenvalue weighted by atomic mass is 16.5. The second kappa shape index (κ2) is 7.48. The molecule has 3 heteroatoms. The molecule has 3 nitrogen and oxygen atoms in total. The number of benzene rings is 2. The quantitative estimate of drug-likeness (QED) is 0.808. The molecule has 0 saturated carbocycles. The first-order chi connectivity index (χ1) is 10.2. The lowest BCUT2D eigenvalue weighted by atomic mass is 10.1. The third-order valence-corrected chi connectivity index (χ3v) is 3.28. The number of nitrogens with zero attached hydrogens (tertiary/aromatic N) is 1. The molecule has 0 fully saturated rings. The Morgan fingerprint density at radius 1 is 1.05 bits per heavy atom. The summed E-state index contributed by atoms with van der Waals surface area (Å²) in [6.45, 7) is 5.82.